The molecule has 166 valence electrons. The monoisotopic (exact) mass is 439 g/mol. The van der Waals surface area contributed by atoms with Crippen LogP contribution in [0.15, 0.2) is 41.6 Å². The van der Waals surface area contributed by atoms with Crippen molar-refractivity contribution in [2.45, 2.75) is 44.2 Å². The predicted octanol–water partition coefficient (Wildman–Crippen LogP) is 6.05. The molecule has 0 amide bonds. The maximum absolute atomic E-state index is 15.0. The second kappa shape index (κ2) is 8.13. The first kappa shape index (κ1) is 21.6. The van der Waals surface area contributed by atoms with Gasteiger partial charge in [-0.3, -0.25) is 0 Å². The van der Waals surface area contributed by atoms with Crippen LogP contribution in [0.3, 0.4) is 0 Å². The van der Waals surface area contributed by atoms with Crippen LogP contribution in [0.5, 0.6) is 5.75 Å². The summed E-state index contributed by atoms with van der Waals surface area (Å²) in [5, 5.41) is 4.13. The van der Waals surface area contributed by atoms with Gasteiger partial charge in [-0.2, -0.15) is 13.2 Å². The lowest BCUT2D eigenvalue weighted by Crippen LogP contribution is -2.49. The number of hydrogen-bond donors (Lipinski definition) is 0. The van der Waals surface area contributed by atoms with E-state index >= 15 is 4.39 Å². The highest BCUT2D eigenvalue weighted by molar-refractivity contribution is 5.85. The lowest BCUT2D eigenvalue weighted by atomic mass is 9.58. The van der Waals surface area contributed by atoms with Gasteiger partial charge < -0.3 is 9.57 Å². The van der Waals surface area contributed by atoms with Gasteiger partial charge in [-0.15, -0.1) is 0 Å². The van der Waals surface area contributed by atoms with E-state index in [-0.39, 0.29) is 30.3 Å². The molecular weight excluding hydrogens is 417 g/mol. The van der Waals surface area contributed by atoms with Gasteiger partial charge in [0.2, 0.25) is 0 Å². The third kappa shape index (κ3) is 4.00. The molecule has 1 saturated carbocycles. The molecule has 1 aliphatic heterocycles. The van der Waals surface area contributed by atoms with Gasteiger partial charge in [-0.25, -0.2) is 8.78 Å². The minimum atomic E-state index is -4.44. The first-order valence-electron chi connectivity index (χ1n) is 10.2. The number of benzene rings is 2. The zero-order chi connectivity index (χ0) is 22.2. The quantitative estimate of drug-likeness (QED) is 0.429. The molecule has 0 unspecified atom stereocenters. The molecule has 1 aliphatic carbocycles. The fraction of sp³-hybridized carbons (Fsp3) is 0.435. The average molecular weight is 439 g/mol. The largest absolute Gasteiger partial charge is 0.490 e. The molecule has 31 heavy (non-hydrogen) atoms. The Morgan fingerprint density at radius 2 is 1.81 bits per heavy atom. The van der Waals surface area contributed by atoms with Crippen molar-refractivity contribution in [3.05, 3.63) is 64.7 Å². The van der Waals surface area contributed by atoms with Crippen LogP contribution in [0.1, 0.15) is 42.9 Å². The van der Waals surface area contributed by atoms with Gasteiger partial charge in [0.15, 0.2) is 11.6 Å². The highest BCUT2D eigenvalue weighted by Crippen LogP contribution is 2.53. The summed E-state index contributed by atoms with van der Waals surface area (Å²) in [6, 6.07) is 6.97. The summed E-state index contributed by atoms with van der Waals surface area (Å²) in [5.74, 6) is -1.53. The number of fused-ring (bicyclic) bond motifs is 3. The van der Waals surface area contributed by atoms with Crippen LogP contribution in [0.4, 0.5) is 22.0 Å². The van der Waals surface area contributed by atoms with Crippen molar-refractivity contribution in [3.63, 3.8) is 0 Å². The number of rotatable bonds is 4. The molecule has 0 aromatic heterocycles. The van der Waals surface area contributed by atoms with Crippen LogP contribution in [0, 0.1) is 17.6 Å². The average Bonchev–Trinajstić information content (AvgIpc) is 2.74. The van der Waals surface area contributed by atoms with Crippen LogP contribution >= 0.6 is 0 Å². The summed E-state index contributed by atoms with van der Waals surface area (Å²) in [5.41, 5.74) is 0.0485. The van der Waals surface area contributed by atoms with E-state index in [0.29, 0.717) is 31.4 Å². The standard InChI is InChI=1S/C23H22F5NO2/c1-2-31-29-17-9-10-22(12-14-3-5-15(6-4-14)23(26,27)28)16(11-17)13-30-21-19(25)8-7-18(24)20(21)22/h3-8,16H,2,9-13H2,1H3/b29-17-/t16-,22+/m1/s1. The smallest absolute Gasteiger partial charge is 0.416 e. The molecule has 0 spiro atoms. The highest BCUT2D eigenvalue weighted by Gasteiger charge is 2.50. The van der Waals surface area contributed by atoms with Crippen molar-refractivity contribution >= 4 is 5.71 Å². The minimum Gasteiger partial charge on any atom is -0.490 e. The lowest BCUT2D eigenvalue weighted by molar-refractivity contribution is -0.137. The Bertz CT molecular complexity index is 987. The van der Waals surface area contributed by atoms with Gasteiger partial charge in [-0.05, 0) is 62.4 Å². The summed E-state index contributed by atoms with van der Waals surface area (Å²) in [7, 11) is 0. The third-order valence-corrected chi connectivity index (χ3v) is 6.23. The number of hydrogen-bond acceptors (Lipinski definition) is 3. The molecular formula is C23H22F5NO2. The van der Waals surface area contributed by atoms with E-state index in [4.69, 9.17) is 9.57 Å². The molecule has 0 bridgehead atoms. The molecule has 0 N–H and O–H groups in total. The Kier molecular flexibility index (Phi) is 5.66. The van der Waals surface area contributed by atoms with Crippen molar-refractivity contribution < 1.29 is 31.5 Å². The van der Waals surface area contributed by atoms with Gasteiger partial charge >= 0.3 is 6.18 Å². The normalized spacial score (nSPS) is 24.3. The van der Waals surface area contributed by atoms with Crippen LogP contribution in [0.2, 0.25) is 0 Å². The molecule has 2 aliphatic rings. The summed E-state index contributed by atoms with van der Waals surface area (Å²) >= 11 is 0. The zero-order valence-electron chi connectivity index (χ0n) is 16.9. The van der Waals surface area contributed by atoms with Gasteiger partial charge in [-0.1, -0.05) is 17.3 Å². The maximum Gasteiger partial charge on any atom is 0.416 e. The number of ether oxygens (including phenoxy) is 1. The Morgan fingerprint density at radius 1 is 1.10 bits per heavy atom. The van der Waals surface area contributed by atoms with Crippen molar-refractivity contribution in [1.29, 1.82) is 0 Å². The molecule has 8 heteroatoms. The van der Waals surface area contributed by atoms with Gasteiger partial charge in [0.1, 0.15) is 12.4 Å². The lowest BCUT2D eigenvalue weighted by Gasteiger charge is -2.48. The molecule has 1 heterocycles. The summed E-state index contributed by atoms with van der Waals surface area (Å²) < 4.78 is 74.0. The molecule has 3 nitrogen and oxygen atoms in total. The van der Waals surface area contributed by atoms with Crippen LogP contribution in [-0.2, 0) is 22.8 Å². The summed E-state index contributed by atoms with van der Waals surface area (Å²) in [4.78, 5) is 5.17. The van der Waals surface area contributed by atoms with Crippen molar-refractivity contribution in [3.8, 4) is 5.75 Å². The molecule has 2 aromatic rings. The fourth-order valence-electron chi connectivity index (χ4n) is 4.76. The van der Waals surface area contributed by atoms with Crippen molar-refractivity contribution in [2.75, 3.05) is 13.2 Å². The second-order valence-corrected chi connectivity index (χ2v) is 8.05. The second-order valence-electron chi connectivity index (χ2n) is 8.05. The summed E-state index contributed by atoms with van der Waals surface area (Å²) in [6.45, 7) is 2.41. The van der Waals surface area contributed by atoms with E-state index in [9.17, 15) is 17.6 Å². The van der Waals surface area contributed by atoms with Gasteiger partial charge in [0, 0.05) is 16.9 Å². The number of alkyl halides is 3. The Morgan fingerprint density at radius 3 is 2.48 bits per heavy atom. The van der Waals surface area contributed by atoms with Gasteiger partial charge in [0.25, 0.3) is 0 Å². The first-order valence-corrected chi connectivity index (χ1v) is 10.2. The van der Waals surface area contributed by atoms with Crippen LogP contribution < -0.4 is 4.74 Å². The molecule has 0 radical (unpaired) electrons. The molecule has 2 aromatic carbocycles. The predicted molar refractivity (Wildman–Crippen MR) is 105 cm³/mol. The number of nitrogens with zero attached hydrogens (tertiary/aromatic N) is 1. The summed E-state index contributed by atoms with van der Waals surface area (Å²) in [6.07, 6.45) is -2.70. The van der Waals surface area contributed by atoms with E-state index in [2.05, 4.69) is 5.16 Å². The maximum atomic E-state index is 15.0. The highest BCUT2D eigenvalue weighted by atomic mass is 19.4. The van der Waals surface area contributed by atoms with Gasteiger partial charge in [0.05, 0.1) is 17.9 Å². The van der Waals surface area contributed by atoms with E-state index in [0.717, 1.165) is 30.0 Å². The first-order chi connectivity index (χ1) is 14.7. The molecule has 1 fully saturated rings. The van der Waals surface area contributed by atoms with E-state index < -0.39 is 28.8 Å². The number of halogens is 5. The van der Waals surface area contributed by atoms with Crippen LogP contribution in [-0.4, -0.2) is 18.9 Å². The third-order valence-electron chi connectivity index (χ3n) is 6.23. The van der Waals surface area contributed by atoms with Crippen molar-refractivity contribution in [1.82, 2.24) is 0 Å². The van der Waals surface area contributed by atoms with E-state index in [1.54, 1.807) is 0 Å². The van der Waals surface area contributed by atoms with E-state index in [1.807, 2.05) is 6.92 Å². The molecule has 0 saturated heterocycles. The SMILES string of the molecule is CCO/N=C1/CC[C@@]2(Cc3ccc(C(F)(F)F)cc3)c3c(F)ccc(F)c3OC[C@H]2C1. The Hall–Kier alpha value is -2.64. The fourth-order valence-corrected chi connectivity index (χ4v) is 4.76. The van der Waals surface area contributed by atoms with Crippen molar-refractivity contribution in [2.24, 2.45) is 11.1 Å². The minimum absolute atomic E-state index is 0.103. The molecule has 2 atom stereocenters. The Labute approximate surface area is 176 Å². The zero-order valence-corrected chi connectivity index (χ0v) is 16.9. The topological polar surface area (TPSA) is 30.8 Å². The van der Waals surface area contributed by atoms with Crippen LogP contribution in [0.25, 0.3) is 0 Å². The Balaban J connectivity index is 1.76. The van der Waals surface area contributed by atoms with E-state index in [1.165, 1.54) is 12.1 Å². The number of oxime groups is 1. The molecule has 4 rings (SSSR count).